The number of hydrogen-bond acceptors (Lipinski definition) is 3. The molecule has 4 nitrogen and oxygen atoms in total. The van der Waals surface area contributed by atoms with Crippen molar-refractivity contribution < 1.29 is 18.3 Å². The first-order valence-electron chi connectivity index (χ1n) is 5.19. The van der Waals surface area contributed by atoms with E-state index < -0.39 is 11.7 Å². The number of rotatable bonds is 3. The van der Waals surface area contributed by atoms with Gasteiger partial charge in [0.1, 0.15) is 5.82 Å². The van der Waals surface area contributed by atoms with Gasteiger partial charge in [0.05, 0.1) is 6.61 Å². The molecule has 17 heavy (non-hydrogen) atoms. The average molecular weight is 237 g/mol. The van der Waals surface area contributed by atoms with Crippen LogP contribution in [0.5, 0.6) is 5.75 Å². The van der Waals surface area contributed by atoms with Crippen molar-refractivity contribution in [1.82, 2.24) is 0 Å². The van der Waals surface area contributed by atoms with Gasteiger partial charge in [0, 0.05) is 17.0 Å². The van der Waals surface area contributed by atoms with Gasteiger partial charge in [0.2, 0.25) is 0 Å². The van der Waals surface area contributed by atoms with Crippen LogP contribution in [0.2, 0.25) is 0 Å². The largest absolute Gasteiger partial charge is 0.490 e. The molecule has 0 radical (unpaired) electrons. The lowest BCUT2D eigenvalue weighted by atomic mass is 10.1. The summed E-state index contributed by atoms with van der Waals surface area (Å²) in [5.74, 6) is -0.813. The number of benzene rings is 1. The second kappa shape index (κ2) is 4.08. The second-order valence-corrected chi connectivity index (χ2v) is 3.63. The molecule has 1 aromatic carbocycles. The Morgan fingerprint density at radius 2 is 2.24 bits per heavy atom. The fraction of sp³-hybridized carbons (Fsp3) is 0.250. The van der Waals surface area contributed by atoms with Crippen molar-refractivity contribution in [3.63, 3.8) is 0 Å². The van der Waals surface area contributed by atoms with Gasteiger partial charge in [-0.3, -0.25) is 4.79 Å². The Bertz CT molecular complexity index is 589. The van der Waals surface area contributed by atoms with Crippen molar-refractivity contribution in [3.8, 4) is 5.75 Å². The number of carbonyl (C=O) groups is 1. The summed E-state index contributed by atoms with van der Waals surface area (Å²) in [4.78, 5) is 11.1. The Morgan fingerprint density at radius 3 is 2.82 bits per heavy atom. The monoisotopic (exact) mass is 237 g/mol. The van der Waals surface area contributed by atoms with Gasteiger partial charge in [-0.25, -0.2) is 4.39 Å². The summed E-state index contributed by atoms with van der Waals surface area (Å²) < 4.78 is 24.0. The summed E-state index contributed by atoms with van der Waals surface area (Å²) in [5, 5.41) is 0.502. The molecule has 0 unspecified atom stereocenters. The summed E-state index contributed by atoms with van der Waals surface area (Å²) in [6.45, 7) is 3.81. The maximum atomic E-state index is 13.4. The normalized spacial score (nSPS) is 10.8. The van der Waals surface area contributed by atoms with E-state index in [1.54, 1.807) is 13.8 Å². The minimum absolute atomic E-state index is 0.0338. The molecular weight excluding hydrogens is 225 g/mol. The van der Waals surface area contributed by atoms with Crippen LogP contribution in [0.4, 0.5) is 4.39 Å². The molecule has 90 valence electrons. The minimum Gasteiger partial charge on any atom is -0.490 e. The number of fused-ring (bicyclic) bond motifs is 1. The molecule has 0 saturated heterocycles. The van der Waals surface area contributed by atoms with E-state index in [4.69, 9.17) is 14.9 Å². The van der Waals surface area contributed by atoms with Crippen LogP contribution in [0.3, 0.4) is 0 Å². The highest BCUT2D eigenvalue weighted by Crippen LogP contribution is 2.33. The highest BCUT2D eigenvalue weighted by atomic mass is 19.1. The molecule has 0 spiro atoms. The van der Waals surface area contributed by atoms with Gasteiger partial charge in [-0.05, 0) is 19.9 Å². The lowest BCUT2D eigenvalue weighted by Crippen LogP contribution is -2.10. The van der Waals surface area contributed by atoms with Crippen molar-refractivity contribution in [3.05, 3.63) is 29.3 Å². The Kier molecular flexibility index (Phi) is 2.75. The highest BCUT2D eigenvalue weighted by molar-refractivity contribution is 5.99. The number of halogens is 1. The number of nitrogens with two attached hydrogens (primary N) is 1. The number of carbonyl (C=O) groups excluding carboxylic acids is 1. The summed E-state index contributed by atoms with van der Waals surface area (Å²) >= 11 is 0. The number of ether oxygens (including phenoxy) is 1. The molecule has 0 bridgehead atoms. The van der Waals surface area contributed by atoms with Gasteiger partial charge in [-0.2, -0.15) is 0 Å². The maximum absolute atomic E-state index is 13.4. The fourth-order valence-electron chi connectivity index (χ4n) is 1.75. The zero-order chi connectivity index (χ0) is 12.6. The number of furan rings is 1. The van der Waals surface area contributed by atoms with Crippen LogP contribution in [0.15, 0.2) is 16.5 Å². The van der Waals surface area contributed by atoms with Crippen LogP contribution in [0.25, 0.3) is 11.0 Å². The van der Waals surface area contributed by atoms with Crippen molar-refractivity contribution in [2.24, 2.45) is 5.73 Å². The van der Waals surface area contributed by atoms with Crippen LogP contribution >= 0.6 is 0 Å². The molecule has 2 aromatic rings. The quantitative estimate of drug-likeness (QED) is 0.891. The van der Waals surface area contributed by atoms with Gasteiger partial charge < -0.3 is 14.9 Å². The molecule has 0 saturated carbocycles. The zero-order valence-electron chi connectivity index (χ0n) is 9.54. The third-order valence-corrected chi connectivity index (χ3v) is 2.49. The third kappa shape index (κ3) is 1.84. The molecule has 2 rings (SSSR count). The van der Waals surface area contributed by atoms with E-state index in [1.165, 1.54) is 12.1 Å². The second-order valence-electron chi connectivity index (χ2n) is 3.63. The first-order valence-corrected chi connectivity index (χ1v) is 5.19. The zero-order valence-corrected chi connectivity index (χ0v) is 9.54. The molecular formula is C12H12FNO3. The number of aryl methyl sites for hydroxylation is 1. The van der Waals surface area contributed by atoms with Crippen LogP contribution in [0.1, 0.15) is 23.0 Å². The SMILES string of the molecule is CCOc1cc(F)cc2c(C)c(C(N)=O)oc12. The Labute approximate surface area is 97.1 Å². The summed E-state index contributed by atoms with van der Waals surface area (Å²) in [7, 11) is 0. The smallest absolute Gasteiger partial charge is 0.284 e. The molecule has 0 atom stereocenters. The lowest BCUT2D eigenvalue weighted by molar-refractivity contribution is 0.0975. The predicted octanol–water partition coefficient (Wildman–Crippen LogP) is 2.38. The van der Waals surface area contributed by atoms with Crippen molar-refractivity contribution in [2.45, 2.75) is 13.8 Å². The van der Waals surface area contributed by atoms with Gasteiger partial charge in [0.15, 0.2) is 17.1 Å². The molecule has 0 aliphatic carbocycles. The maximum Gasteiger partial charge on any atom is 0.284 e. The van der Waals surface area contributed by atoms with Crippen LogP contribution in [0, 0.1) is 12.7 Å². The fourth-order valence-corrected chi connectivity index (χ4v) is 1.75. The standard InChI is InChI=1S/C12H12FNO3/c1-3-16-9-5-7(13)4-8-6(2)10(12(14)15)17-11(8)9/h4-5H,3H2,1-2H3,(H2,14,15). The van der Waals surface area contributed by atoms with Gasteiger partial charge in [-0.1, -0.05) is 0 Å². The molecule has 5 heteroatoms. The van der Waals surface area contributed by atoms with Crippen molar-refractivity contribution in [1.29, 1.82) is 0 Å². The first-order chi connectivity index (χ1) is 8.04. The van der Waals surface area contributed by atoms with E-state index in [9.17, 15) is 9.18 Å². The van der Waals surface area contributed by atoms with Crippen molar-refractivity contribution >= 4 is 16.9 Å². The van der Waals surface area contributed by atoms with E-state index in [0.29, 0.717) is 23.1 Å². The number of amides is 1. The number of primary amides is 1. The van der Waals surface area contributed by atoms with Crippen LogP contribution in [-0.2, 0) is 0 Å². The molecule has 0 aliphatic heterocycles. The summed E-state index contributed by atoms with van der Waals surface area (Å²) in [6.07, 6.45) is 0. The van der Waals surface area contributed by atoms with E-state index in [0.717, 1.165) is 0 Å². The molecule has 1 amide bonds. The first kappa shape index (κ1) is 11.4. The lowest BCUT2D eigenvalue weighted by Gasteiger charge is -2.03. The van der Waals surface area contributed by atoms with E-state index in [2.05, 4.69) is 0 Å². The summed E-state index contributed by atoms with van der Waals surface area (Å²) in [6, 6.07) is 2.52. The molecule has 0 aliphatic rings. The predicted molar refractivity (Wildman–Crippen MR) is 60.6 cm³/mol. The summed E-state index contributed by atoms with van der Waals surface area (Å²) in [5.41, 5.74) is 6.04. The molecule has 2 N–H and O–H groups in total. The van der Waals surface area contributed by atoms with Crippen molar-refractivity contribution in [2.75, 3.05) is 6.61 Å². The van der Waals surface area contributed by atoms with Gasteiger partial charge in [0.25, 0.3) is 5.91 Å². The third-order valence-electron chi connectivity index (χ3n) is 2.49. The molecule has 1 heterocycles. The average Bonchev–Trinajstić information content (AvgIpc) is 2.57. The van der Waals surface area contributed by atoms with E-state index in [1.807, 2.05) is 0 Å². The van der Waals surface area contributed by atoms with E-state index >= 15 is 0 Å². The van der Waals surface area contributed by atoms with Crippen LogP contribution in [-0.4, -0.2) is 12.5 Å². The topological polar surface area (TPSA) is 65.5 Å². The number of hydrogen-bond donors (Lipinski definition) is 1. The molecule has 1 aromatic heterocycles. The van der Waals surface area contributed by atoms with Gasteiger partial charge in [-0.15, -0.1) is 0 Å². The highest BCUT2D eigenvalue weighted by Gasteiger charge is 2.19. The van der Waals surface area contributed by atoms with E-state index in [-0.39, 0.29) is 11.5 Å². The van der Waals surface area contributed by atoms with Gasteiger partial charge >= 0.3 is 0 Å². The Balaban J connectivity index is 2.76. The Morgan fingerprint density at radius 1 is 1.53 bits per heavy atom. The van der Waals surface area contributed by atoms with Crippen LogP contribution < -0.4 is 10.5 Å². The minimum atomic E-state index is -0.679. The molecule has 0 fully saturated rings. The Hall–Kier alpha value is -2.04.